The average Bonchev–Trinajstić information content (AvgIpc) is 2.55. The van der Waals surface area contributed by atoms with E-state index in [9.17, 15) is 4.79 Å². The van der Waals surface area contributed by atoms with Crippen LogP contribution < -0.4 is 14.8 Å². The molecule has 1 aromatic rings. The van der Waals surface area contributed by atoms with Crippen molar-refractivity contribution < 1.29 is 14.3 Å². The predicted molar refractivity (Wildman–Crippen MR) is 80.5 cm³/mol. The third-order valence-electron chi connectivity index (χ3n) is 3.93. The van der Waals surface area contributed by atoms with Crippen LogP contribution in [-0.2, 0) is 4.79 Å². The number of carbonyl (C=O) groups excluding carboxylic acids is 1. The van der Waals surface area contributed by atoms with Crippen LogP contribution >= 0.6 is 0 Å². The highest BCUT2D eigenvalue weighted by Crippen LogP contribution is 2.30. The smallest absolute Gasteiger partial charge is 0.264 e. The van der Waals surface area contributed by atoms with E-state index in [1.807, 2.05) is 24.3 Å². The molecule has 1 atom stereocenters. The summed E-state index contributed by atoms with van der Waals surface area (Å²) in [7, 11) is 0. The van der Waals surface area contributed by atoms with Crippen LogP contribution in [0.15, 0.2) is 35.9 Å². The van der Waals surface area contributed by atoms with E-state index >= 15 is 0 Å². The van der Waals surface area contributed by atoms with Crippen LogP contribution in [0.5, 0.6) is 11.5 Å². The van der Waals surface area contributed by atoms with Crippen LogP contribution in [0.2, 0.25) is 0 Å². The summed E-state index contributed by atoms with van der Waals surface area (Å²) in [6.07, 6.45) is 7.62. The minimum Gasteiger partial charge on any atom is -0.485 e. The second-order valence-corrected chi connectivity index (χ2v) is 5.51. The van der Waals surface area contributed by atoms with Gasteiger partial charge < -0.3 is 14.8 Å². The van der Waals surface area contributed by atoms with Crippen molar-refractivity contribution >= 4 is 5.91 Å². The lowest BCUT2D eigenvalue weighted by atomic mass is 9.97. The van der Waals surface area contributed by atoms with Crippen molar-refractivity contribution in [2.75, 3.05) is 13.2 Å². The van der Waals surface area contributed by atoms with Gasteiger partial charge >= 0.3 is 0 Å². The molecule has 4 heteroatoms. The molecule has 1 amide bonds. The first-order chi connectivity index (χ1) is 10.3. The Morgan fingerprint density at radius 2 is 2.10 bits per heavy atom. The van der Waals surface area contributed by atoms with Gasteiger partial charge in [0.05, 0.1) is 0 Å². The number of hydrogen-bond donors (Lipinski definition) is 1. The van der Waals surface area contributed by atoms with Crippen molar-refractivity contribution in [1.29, 1.82) is 0 Å². The van der Waals surface area contributed by atoms with E-state index in [1.165, 1.54) is 31.3 Å². The van der Waals surface area contributed by atoms with Gasteiger partial charge in [0.15, 0.2) is 11.5 Å². The van der Waals surface area contributed by atoms with Crippen LogP contribution in [0.4, 0.5) is 0 Å². The topological polar surface area (TPSA) is 47.6 Å². The quantitative estimate of drug-likeness (QED) is 0.866. The third-order valence-corrected chi connectivity index (χ3v) is 3.93. The Balaban J connectivity index is 1.47. The molecule has 3 rings (SSSR count). The predicted octanol–water partition coefficient (Wildman–Crippen LogP) is 2.83. The molecule has 2 aliphatic rings. The fourth-order valence-electron chi connectivity index (χ4n) is 2.74. The molecular weight excluding hydrogens is 266 g/mol. The lowest BCUT2D eigenvalue weighted by Crippen LogP contribution is -2.44. The molecule has 0 fully saturated rings. The van der Waals surface area contributed by atoms with Gasteiger partial charge in [-0.25, -0.2) is 0 Å². The summed E-state index contributed by atoms with van der Waals surface area (Å²) in [6.45, 7) is 0.942. The molecule has 1 heterocycles. The van der Waals surface area contributed by atoms with E-state index in [0.717, 1.165) is 6.42 Å². The molecule has 1 N–H and O–H groups in total. The van der Waals surface area contributed by atoms with Gasteiger partial charge in [0.1, 0.15) is 6.61 Å². The largest absolute Gasteiger partial charge is 0.485 e. The highest BCUT2D eigenvalue weighted by atomic mass is 16.6. The van der Waals surface area contributed by atoms with Crippen molar-refractivity contribution in [3.8, 4) is 11.5 Å². The second-order valence-electron chi connectivity index (χ2n) is 5.51. The Morgan fingerprint density at radius 3 is 2.90 bits per heavy atom. The maximum Gasteiger partial charge on any atom is 0.264 e. The van der Waals surface area contributed by atoms with Gasteiger partial charge in [0.2, 0.25) is 6.10 Å². The Hall–Kier alpha value is -1.97. The van der Waals surface area contributed by atoms with Crippen molar-refractivity contribution in [3.63, 3.8) is 0 Å². The van der Waals surface area contributed by atoms with E-state index < -0.39 is 6.10 Å². The number of ether oxygens (including phenoxy) is 2. The standard InChI is InChI=1S/C17H21NO3/c19-17(18-11-10-13-6-2-1-3-7-13)16-12-20-14-8-4-5-9-15(14)21-16/h4-6,8-9,16H,1-3,7,10-12H2,(H,18,19)/t16-/m0/s1. The molecule has 0 radical (unpaired) electrons. The van der Waals surface area contributed by atoms with Crippen LogP contribution in [0.1, 0.15) is 32.1 Å². The average molecular weight is 287 g/mol. The minimum atomic E-state index is -0.555. The van der Waals surface area contributed by atoms with Gasteiger partial charge in [-0.2, -0.15) is 0 Å². The molecule has 0 saturated carbocycles. The first kappa shape index (κ1) is 14.0. The summed E-state index contributed by atoms with van der Waals surface area (Å²) in [5.41, 5.74) is 1.47. The van der Waals surface area contributed by atoms with Crippen molar-refractivity contribution in [3.05, 3.63) is 35.9 Å². The minimum absolute atomic E-state index is 0.0964. The first-order valence-corrected chi connectivity index (χ1v) is 7.67. The van der Waals surface area contributed by atoms with Crippen molar-refractivity contribution in [1.82, 2.24) is 5.32 Å². The Bertz CT molecular complexity index is 539. The van der Waals surface area contributed by atoms with E-state index in [1.54, 1.807) is 0 Å². The summed E-state index contributed by atoms with van der Waals surface area (Å²) in [6, 6.07) is 7.43. The maximum atomic E-state index is 12.1. The summed E-state index contributed by atoms with van der Waals surface area (Å²) >= 11 is 0. The molecule has 0 spiro atoms. The maximum absolute atomic E-state index is 12.1. The zero-order valence-electron chi connectivity index (χ0n) is 12.1. The van der Waals surface area contributed by atoms with Crippen molar-refractivity contribution in [2.45, 2.75) is 38.2 Å². The third kappa shape index (κ3) is 3.57. The highest BCUT2D eigenvalue weighted by Gasteiger charge is 2.26. The molecule has 112 valence electrons. The number of benzene rings is 1. The molecule has 1 aliphatic heterocycles. The van der Waals surface area contributed by atoms with Crippen LogP contribution in [0.25, 0.3) is 0 Å². The number of para-hydroxylation sites is 2. The molecule has 1 aliphatic carbocycles. The summed E-state index contributed by atoms with van der Waals surface area (Å²) in [5, 5.41) is 2.95. The first-order valence-electron chi connectivity index (χ1n) is 7.67. The molecule has 0 unspecified atom stereocenters. The zero-order chi connectivity index (χ0) is 14.5. The molecule has 0 saturated heterocycles. The summed E-state index contributed by atoms with van der Waals surface area (Å²) < 4.78 is 11.2. The van der Waals surface area contributed by atoms with Gasteiger partial charge in [0, 0.05) is 6.54 Å². The lowest BCUT2D eigenvalue weighted by molar-refractivity contribution is -0.130. The number of amides is 1. The van der Waals surface area contributed by atoms with Crippen LogP contribution in [0, 0.1) is 0 Å². The Labute approximate surface area is 125 Å². The van der Waals surface area contributed by atoms with E-state index in [-0.39, 0.29) is 12.5 Å². The fourth-order valence-corrected chi connectivity index (χ4v) is 2.74. The van der Waals surface area contributed by atoms with E-state index in [4.69, 9.17) is 9.47 Å². The van der Waals surface area contributed by atoms with Gasteiger partial charge in [-0.05, 0) is 44.2 Å². The second kappa shape index (κ2) is 6.66. The SMILES string of the molecule is O=C(NCCC1=CCCCC1)[C@@H]1COc2ccccc2O1. The molecule has 21 heavy (non-hydrogen) atoms. The fraction of sp³-hybridized carbons (Fsp3) is 0.471. The molecule has 0 aromatic heterocycles. The van der Waals surface area contributed by atoms with Gasteiger partial charge in [-0.3, -0.25) is 4.79 Å². The van der Waals surface area contributed by atoms with Gasteiger partial charge in [-0.1, -0.05) is 23.8 Å². The van der Waals surface area contributed by atoms with Gasteiger partial charge in [-0.15, -0.1) is 0 Å². The number of carbonyl (C=O) groups is 1. The number of hydrogen-bond acceptors (Lipinski definition) is 3. The van der Waals surface area contributed by atoms with Crippen LogP contribution in [0.3, 0.4) is 0 Å². The number of nitrogens with one attached hydrogen (secondary N) is 1. The van der Waals surface area contributed by atoms with E-state index in [2.05, 4.69) is 11.4 Å². The Morgan fingerprint density at radius 1 is 1.24 bits per heavy atom. The van der Waals surface area contributed by atoms with Crippen LogP contribution in [-0.4, -0.2) is 25.2 Å². The molecule has 0 bridgehead atoms. The zero-order valence-corrected chi connectivity index (χ0v) is 12.1. The van der Waals surface area contributed by atoms with Crippen molar-refractivity contribution in [2.24, 2.45) is 0 Å². The lowest BCUT2D eigenvalue weighted by Gasteiger charge is -2.25. The normalized spacial score (nSPS) is 20.6. The number of rotatable bonds is 4. The highest BCUT2D eigenvalue weighted by molar-refractivity contribution is 5.81. The summed E-state index contributed by atoms with van der Waals surface area (Å²) in [5.74, 6) is 1.24. The van der Waals surface area contributed by atoms with E-state index in [0.29, 0.717) is 18.0 Å². The summed E-state index contributed by atoms with van der Waals surface area (Å²) in [4.78, 5) is 12.1. The Kier molecular flexibility index (Phi) is 4.43. The molecule has 1 aromatic carbocycles. The monoisotopic (exact) mass is 287 g/mol. The molecular formula is C17H21NO3. The number of allylic oxidation sites excluding steroid dienone is 1. The number of fused-ring (bicyclic) bond motifs is 1. The molecule has 4 nitrogen and oxygen atoms in total. The van der Waals surface area contributed by atoms with Gasteiger partial charge in [0.25, 0.3) is 5.91 Å².